The second-order valence-corrected chi connectivity index (χ2v) is 4.01. The van der Waals surface area contributed by atoms with Crippen LogP contribution < -0.4 is 5.32 Å². The maximum absolute atomic E-state index is 11.6. The van der Waals surface area contributed by atoms with Crippen LogP contribution in [-0.4, -0.2) is 38.1 Å². The molecule has 1 fully saturated rings. The Morgan fingerprint density at radius 1 is 1.24 bits per heavy atom. The van der Waals surface area contributed by atoms with Crippen molar-refractivity contribution < 1.29 is 23.9 Å². The van der Waals surface area contributed by atoms with Gasteiger partial charge in [0.2, 0.25) is 0 Å². The second kappa shape index (κ2) is 6.22. The molecule has 1 unspecified atom stereocenters. The maximum atomic E-state index is 11.6. The van der Waals surface area contributed by atoms with Gasteiger partial charge in [-0.1, -0.05) is 0 Å². The first kappa shape index (κ1) is 13.5. The first-order valence-electron chi connectivity index (χ1n) is 5.52. The van der Waals surface area contributed by atoms with Crippen LogP contribution in [0.4, 0.5) is 4.79 Å². The third-order valence-electron chi connectivity index (χ3n) is 2.97. The predicted octanol–water partition coefficient (Wildman–Crippen LogP) is 0.643. The summed E-state index contributed by atoms with van der Waals surface area (Å²) in [6, 6.07) is -0.736. The van der Waals surface area contributed by atoms with E-state index in [1.165, 1.54) is 14.2 Å². The highest BCUT2D eigenvalue weighted by molar-refractivity contribution is 5.83. The van der Waals surface area contributed by atoms with E-state index < -0.39 is 18.1 Å². The van der Waals surface area contributed by atoms with Crippen molar-refractivity contribution in [2.45, 2.75) is 31.7 Å². The van der Waals surface area contributed by atoms with Crippen molar-refractivity contribution in [2.24, 2.45) is 5.92 Å². The monoisotopic (exact) mass is 243 g/mol. The largest absolute Gasteiger partial charge is 0.467 e. The van der Waals surface area contributed by atoms with Crippen LogP contribution in [0, 0.1) is 5.92 Å². The molecule has 1 N–H and O–H groups in total. The van der Waals surface area contributed by atoms with Gasteiger partial charge in [0.1, 0.15) is 11.8 Å². The Morgan fingerprint density at radius 3 is 2.29 bits per heavy atom. The smallest absolute Gasteiger partial charge is 0.407 e. The summed E-state index contributed by atoms with van der Waals surface area (Å²) in [4.78, 5) is 33.8. The molecule has 1 aliphatic rings. The number of methoxy groups -OCH3 is 2. The minimum Gasteiger partial charge on any atom is -0.467 e. The molecule has 1 amide bonds. The molecule has 1 saturated carbocycles. The van der Waals surface area contributed by atoms with Gasteiger partial charge in [-0.25, -0.2) is 9.59 Å². The standard InChI is InChI=1S/C11H17NO5/c1-16-10(14)9(12-11(15)17-2)7-3-5-8(13)6-4-7/h7,9H,3-6H2,1-2H3,(H,12,15). The Morgan fingerprint density at radius 2 is 1.82 bits per heavy atom. The molecule has 0 aromatic carbocycles. The molecule has 0 aromatic rings. The number of amides is 1. The fourth-order valence-corrected chi connectivity index (χ4v) is 1.98. The van der Waals surface area contributed by atoms with E-state index in [2.05, 4.69) is 14.8 Å². The van der Waals surface area contributed by atoms with Crippen LogP contribution in [0.25, 0.3) is 0 Å². The fourth-order valence-electron chi connectivity index (χ4n) is 1.98. The average molecular weight is 243 g/mol. The number of hydrogen-bond acceptors (Lipinski definition) is 5. The summed E-state index contributed by atoms with van der Waals surface area (Å²) >= 11 is 0. The lowest BCUT2D eigenvalue weighted by Gasteiger charge is -2.27. The number of nitrogens with one attached hydrogen (secondary N) is 1. The van der Waals surface area contributed by atoms with Gasteiger partial charge in [0.05, 0.1) is 14.2 Å². The van der Waals surface area contributed by atoms with Crippen molar-refractivity contribution in [3.63, 3.8) is 0 Å². The van der Waals surface area contributed by atoms with Gasteiger partial charge in [-0.15, -0.1) is 0 Å². The lowest BCUT2D eigenvalue weighted by molar-refractivity contribution is -0.145. The van der Waals surface area contributed by atoms with Gasteiger partial charge in [0, 0.05) is 12.8 Å². The van der Waals surface area contributed by atoms with Crippen molar-refractivity contribution in [1.29, 1.82) is 0 Å². The zero-order valence-corrected chi connectivity index (χ0v) is 10.0. The number of ether oxygens (including phenoxy) is 2. The quantitative estimate of drug-likeness (QED) is 0.736. The number of Topliss-reactive ketones (excluding diaryl/α,β-unsaturated/α-hetero) is 1. The SMILES string of the molecule is COC(=O)NC(C(=O)OC)C1CCC(=O)CC1. The second-order valence-electron chi connectivity index (χ2n) is 4.01. The van der Waals surface area contributed by atoms with Crippen molar-refractivity contribution in [3.8, 4) is 0 Å². The summed E-state index contributed by atoms with van der Waals surface area (Å²) < 4.78 is 9.11. The highest BCUT2D eigenvalue weighted by Gasteiger charge is 2.33. The summed E-state index contributed by atoms with van der Waals surface area (Å²) in [6.45, 7) is 0. The van der Waals surface area contributed by atoms with Gasteiger partial charge in [0.25, 0.3) is 0 Å². The summed E-state index contributed by atoms with van der Waals surface area (Å²) in [6.07, 6.45) is 1.39. The molecule has 0 bridgehead atoms. The van der Waals surface area contributed by atoms with Crippen LogP contribution in [0.1, 0.15) is 25.7 Å². The van der Waals surface area contributed by atoms with Crippen LogP contribution in [0.3, 0.4) is 0 Å². The number of alkyl carbamates (subject to hydrolysis) is 1. The zero-order valence-electron chi connectivity index (χ0n) is 10.0. The molecule has 0 aliphatic heterocycles. The van der Waals surface area contributed by atoms with Crippen molar-refractivity contribution >= 4 is 17.8 Å². The zero-order chi connectivity index (χ0) is 12.8. The van der Waals surface area contributed by atoms with Gasteiger partial charge in [-0.2, -0.15) is 0 Å². The van der Waals surface area contributed by atoms with E-state index >= 15 is 0 Å². The number of ketones is 1. The van der Waals surface area contributed by atoms with Crippen molar-refractivity contribution in [2.75, 3.05) is 14.2 Å². The van der Waals surface area contributed by atoms with E-state index in [9.17, 15) is 14.4 Å². The normalized spacial score (nSPS) is 18.4. The average Bonchev–Trinajstić information content (AvgIpc) is 2.36. The van der Waals surface area contributed by atoms with E-state index in [4.69, 9.17) is 0 Å². The number of carbonyl (C=O) groups excluding carboxylic acids is 3. The Hall–Kier alpha value is -1.59. The molecule has 1 rings (SSSR count). The molecule has 0 heterocycles. The number of carbonyl (C=O) groups is 3. The maximum Gasteiger partial charge on any atom is 0.407 e. The van der Waals surface area contributed by atoms with Crippen LogP contribution >= 0.6 is 0 Å². The third kappa shape index (κ3) is 3.72. The van der Waals surface area contributed by atoms with Gasteiger partial charge >= 0.3 is 12.1 Å². The summed E-state index contributed by atoms with van der Waals surface area (Å²) in [5, 5.41) is 2.45. The highest BCUT2D eigenvalue weighted by atomic mass is 16.5. The minimum atomic E-state index is -0.736. The van der Waals surface area contributed by atoms with Gasteiger partial charge in [0.15, 0.2) is 0 Å². The molecule has 1 atom stereocenters. The molecular weight excluding hydrogens is 226 g/mol. The highest BCUT2D eigenvalue weighted by Crippen LogP contribution is 2.25. The first-order chi connectivity index (χ1) is 8.08. The minimum absolute atomic E-state index is 0.0701. The number of hydrogen-bond donors (Lipinski definition) is 1. The van der Waals surface area contributed by atoms with Gasteiger partial charge < -0.3 is 14.8 Å². The summed E-state index contributed by atoms with van der Waals surface area (Å²) in [5.74, 6) is -0.378. The van der Waals surface area contributed by atoms with Crippen LogP contribution in [0.15, 0.2) is 0 Å². The molecular formula is C11H17NO5. The molecule has 0 spiro atoms. The summed E-state index contributed by atoms with van der Waals surface area (Å²) in [5.41, 5.74) is 0. The number of esters is 1. The molecule has 17 heavy (non-hydrogen) atoms. The molecule has 0 saturated heterocycles. The Balaban J connectivity index is 2.65. The van der Waals surface area contributed by atoms with Crippen LogP contribution in [0.5, 0.6) is 0 Å². The van der Waals surface area contributed by atoms with Crippen LogP contribution in [0.2, 0.25) is 0 Å². The van der Waals surface area contributed by atoms with E-state index in [-0.39, 0.29) is 11.7 Å². The van der Waals surface area contributed by atoms with Crippen molar-refractivity contribution in [3.05, 3.63) is 0 Å². The molecule has 0 aromatic heterocycles. The van der Waals surface area contributed by atoms with E-state index in [1.54, 1.807) is 0 Å². The molecule has 96 valence electrons. The lowest BCUT2D eigenvalue weighted by atomic mass is 9.83. The summed E-state index contributed by atoms with van der Waals surface area (Å²) in [7, 11) is 2.50. The molecule has 6 nitrogen and oxygen atoms in total. The van der Waals surface area contributed by atoms with E-state index in [0.717, 1.165) is 0 Å². The van der Waals surface area contributed by atoms with Crippen LogP contribution in [-0.2, 0) is 19.1 Å². The predicted molar refractivity (Wildman–Crippen MR) is 58.3 cm³/mol. The Bertz CT molecular complexity index is 305. The van der Waals surface area contributed by atoms with Gasteiger partial charge in [-0.05, 0) is 18.8 Å². The van der Waals surface area contributed by atoms with Gasteiger partial charge in [-0.3, -0.25) is 4.79 Å². The molecule has 0 radical (unpaired) electrons. The third-order valence-corrected chi connectivity index (χ3v) is 2.97. The van der Waals surface area contributed by atoms with E-state index in [1.807, 2.05) is 0 Å². The first-order valence-corrected chi connectivity index (χ1v) is 5.52. The Kier molecular flexibility index (Phi) is 4.93. The number of rotatable bonds is 3. The van der Waals surface area contributed by atoms with Crippen molar-refractivity contribution in [1.82, 2.24) is 5.32 Å². The molecule has 1 aliphatic carbocycles. The van der Waals surface area contributed by atoms with E-state index in [0.29, 0.717) is 25.7 Å². The fraction of sp³-hybridized carbons (Fsp3) is 0.727. The lowest BCUT2D eigenvalue weighted by Crippen LogP contribution is -2.47. The Labute approximate surface area is 99.6 Å². The molecule has 6 heteroatoms. The topological polar surface area (TPSA) is 81.7 Å².